The number of rotatable bonds is 4. The van der Waals surface area contributed by atoms with Crippen LogP contribution in [0.2, 0.25) is 0 Å². The van der Waals surface area contributed by atoms with Gasteiger partial charge in [-0.15, -0.1) is 0 Å². The Morgan fingerprint density at radius 3 is 2.56 bits per heavy atom. The van der Waals surface area contributed by atoms with Crippen molar-refractivity contribution in [3.8, 4) is 0 Å². The van der Waals surface area contributed by atoms with E-state index in [9.17, 15) is 13.2 Å². The molecule has 0 radical (unpaired) electrons. The fourth-order valence-electron chi connectivity index (χ4n) is 3.64. The SMILES string of the molecule is Cc1cc(NC(=O)CC2CCS(=O)(=O)C2)ccc1N1CCN(C)CC1. The van der Waals surface area contributed by atoms with Gasteiger partial charge in [0.25, 0.3) is 0 Å². The number of anilines is 2. The molecule has 2 aliphatic heterocycles. The summed E-state index contributed by atoms with van der Waals surface area (Å²) in [6.45, 7) is 6.20. The third-order valence-corrected chi connectivity index (χ3v) is 6.96. The zero-order valence-electron chi connectivity index (χ0n) is 15.0. The standard InChI is InChI=1S/C18H27N3O3S/c1-14-11-16(3-4-17(14)21-8-6-20(2)7-9-21)19-18(22)12-15-5-10-25(23,24)13-15/h3-4,11,15H,5-10,12-13H2,1-2H3,(H,19,22). The van der Waals surface area contributed by atoms with E-state index in [0.29, 0.717) is 6.42 Å². The van der Waals surface area contributed by atoms with Crippen LogP contribution in [0, 0.1) is 12.8 Å². The smallest absolute Gasteiger partial charge is 0.224 e. The van der Waals surface area contributed by atoms with Gasteiger partial charge < -0.3 is 15.1 Å². The summed E-state index contributed by atoms with van der Waals surface area (Å²) in [4.78, 5) is 16.9. The lowest BCUT2D eigenvalue weighted by Gasteiger charge is -2.35. The Labute approximate surface area is 150 Å². The molecule has 0 spiro atoms. The summed E-state index contributed by atoms with van der Waals surface area (Å²) in [5.41, 5.74) is 3.14. The highest BCUT2D eigenvalue weighted by atomic mass is 32.2. The van der Waals surface area contributed by atoms with Crippen LogP contribution in [-0.4, -0.2) is 64.0 Å². The second-order valence-corrected chi connectivity index (χ2v) is 9.54. The summed E-state index contributed by atoms with van der Waals surface area (Å²) in [6.07, 6.45) is 0.871. The van der Waals surface area contributed by atoms with Gasteiger partial charge in [0.2, 0.25) is 5.91 Å². The van der Waals surface area contributed by atoms with E-state index in [1.54, 1.807) is 0 Å². The van der Waals surface area contributed by atoms with E-state index in [1.807, 2.05) is 12.1 Å². The van der Waals surface area contributed by atoms with Crippen molar-refractivity contribution in [1.82, 2.24) is 4.90 Å². The van der Waals surface area contributed by atoms with Gasteiger partial charge in [0.1, 0.15) is 0 Å². The normalized spacial score (nSPS) is 23.6. The number of hydrogen-bond acceptors (Lipinski definition) is 5. The molecule has 1 N–H and O–H groups in total. The molecule has 0 bridgehead atoms. The molecule has 1 aromatic rings. The minimum absolute atomic E-state index is 0.0456. The molecule has 2 fully saturated rings. The zero-order valence-corrected chi connectivity index (χ0v) is 15.8. The van der Waals surface area contributed by atoms with Crippen LogP contribution in [0.15, 0.2) is 18.2 Å². The van der Waals surface area contributed by atoms with Crippen molar-refractivity contribution in [3.05, 3.63) is 23.8 Å². The van der Waals surface area contributed by atoms with E-state index in [-0.39, 0.29) is 29.8 Å². The molecule has 2 aliphatic rings. The van der Waals surface area contributed by atoms with E-state index in [0.717, 1.165) is 37.4 Å². The molecule has 3 rings (SSSR count). The molecule has 7 heteroatoms. The van der Waals surface area contributed by atoms with Gasteiger partial charge in [-0.2, -0.15) is 0 Å². The molecule has 2 saturated heterocycles. The molecular weight excluding hydrogens is 338 g/mol. The van der Waals surface area contributed by atoms with Gasteiger partial charge in [0, 0.05) is 44.0 Å². The van der Waals surface area contributed by atoms with Gasteiger partial charge in [-0.3, -0.25) is 4.79 Å². The van der Waals surface area contributed by atoms with Crippen LogP contribution in [0.3, 0.4) is 0 Å². The van der Waals surface area contributed by atoms with Crippen molar-refractivity contribution in [1.29, 1.82) is 0 Å². The zero-order chi connectivity index (χ0) is 18.0. The second-order valence-electron chi connectivity index (χ2n) is 7.31. The number of likely N-dealkylation sites (N-methyl/N-ethyl adjacent to an activating group) is 1. The van der Waals surface area contributed by atoms with Crippen LogP contribution in [-0.2, 0) is 14.6 Å². The van der Waals surface area contributed by atoms with Crippen LogP contribution in [0.4, 0.5) is 11.4 Å². The van der Waals surface area contributed by atoms with Gasteiger partial charge in [-0.05, 0) is 50.1 Å². The van der Waals surface area contributed by atoms with Crippen molar-refractivity contribution in [2.75, 3.05) is 54.9 Å². The van der Waals surface area contributed by atoms with Crippen molar-refractivity contribution in [3.63, 3.8) is 0 Å². The van der Waals surface area contributed by atoms with Crippen LogP contribution in [0.25, 0.3) is 0 Å². The summed E-state index contributed by atoms with van der Waals surface area (Å²) in [5.74, 6) is 0.204. The van der Waals surface area contributed by atoms with E-state index < -0.39 is 9.84 Å². The summed E-state index contributed by atoms with van der Waals surface area (Å²) < 4.78 is 23.0. The number of carbonyl (C=O) groups excluding carboxylic acids is 1. The predicted molar refractivity (Wildman–Crippen MR) is 101 cm³/mol. The van der Waals surface area contributed by atoms with E-state index in [4.69, 9.17) is 0 Å². The van der Waals surface area contributed by atoms with Gasteiger partial charge >= 0.3 is 0 Å². The lowest BCUT2D eigenvalue weighted by Crippen LogP contribution is -2.44. The number of carbonyl (C=O) groups is 1. The van der Waals surface area contributed by atoms with Crippen molar-refractivity contribution >= 4 is 27.1 Å². The number of amides is 1. The van der Waals surface area contributed by atoms with Gasteiger partial charge in [0.05, 0.1) is 11.5 Å². The first-order chi connectivity index (χ1) is 11.8. The van der Waals surface area contributed by atoms with Crippen molar-refractivity contribution < 1.29 is 13.2 Å². The minimum Gasteiger partial charge on any atom is -0.369 e. The maximum atomic E-state index is 12.2. The second kappa shape index (κ2) is 7.33. The largest absolute Gasteiger partial charge is 0.369 e. The van der Waals surface area contributed by atoms with E-state index in [1.165, 1.54) is 5.69 Å². The van der Waals surface area contributed by atoms with Crippen molar-refractivity contribution in [2.45, 2.75) is 19.8 Å². The Bertz CT molecular complexity index is 740. The molecule has 2 heterocycles. The van der Waals surface area contributed by atoms with Crippen LogP contribution >= 0.6 is 0 Å². The van der Waals surface area contributed by atoms with Gasteiger partial charge in [0.15, 0.2) is 9.84 Å². The van der Waals surface area contributed by atoms with Crippen LogP contribution in [0.1, 0.15) is 18.4 Å². The van der Waals surface area contributed by atoms with Crippen LogP contribution < -0.4 is 10.2 Å². The highest BCUT2D eigenvalue weighted by Gasteiger charge is 2.29. The summed E-state index contributed by atoms with van der Waals surface area (Å²) in [7, 11) is -0.794. The fourth-order valence-corrected chi connectivity index (χ4v) is 5.50. The third kappa shape index (κ3) is 4.73. The number of sulfone groups is 1. The lowest BCUT2D eigenvalue weighted by atomic mass is 10.0. The van der Waals surface area contributed by atoms with Gasteiger partial charge in [-0.1, -0.05) is 0 Å². The molecule has 0 aromatic heterocycles. The molecule has 0 aliphatic carbocycles. The lowest BCUT2D eigenvalue weighted by molar-refractivity contribution is -0.116. The van der Waals surface area contributed by atoms with E-state index in [2.05, 4.69) is 35.2 Å². The Kier molecular flexibility index (Phi) is 5.34. The Balaban J connectivity index is 1.58. The summed E-state index contributed by atoms with van der Waals surface area (Å²) in [5, 5.41) is 2.91. The maximum Gasteiger partial charge on any atom is 0.224 e. The van der Waals surface area contributed by atoms with Gasteiger partial charge in [-0.25, -0.2) is 8.42 Å². The summed E-state index contributed by atoms with van der Waals surface area (Å²) >= 11 is 0. The van der Waals surface area contributed by atoms with Crippen molar-refractivity contribution in [2.24, 2.45) is 5.92 Å². The highest BCUT2D eigenvalue weighted by Crippen LogP contribution is 2.26. The number of nitrogens with one attached hydrogen (secondary N) is 1. The molecule has 25 heavy (non-hydrogen) atoms. The first kappa shape index (κ1) is 18.2. The minimum atomic E-state index is -2.93. The average molecular weight is 365 g/mol. The molecular formula is C18H27N3O3S. The number of piperazine rings is 1. The topological polar surface area (TPSA) is 69.7 Å². The average Bonchev–Trinajstić information content (AvgIpc) is 2.87. The summed E-state index contributed by atoms with van der Waals surface area (Å²) in [6, 6.07) is 6.00. The number of nitrogens with zero attached hydrogens (tertiary/aromatic N) is 2. The molecule has 6 nitrogen and oxygen atoms in total. The maximum absolute atomic E-state index is 12.2. The first-order valence-corrected chi connectivity index (χ1v) is 10.7. The number of benzene rings is 1. The Morgan fingerprint density at radius 2 is 1.96 bits per heavy atom. The molecule has 1 atom stereocenters. The quantitative estimate of drug-likeness (QED) is 0.876. The number of aryl methyl sites for hydroxylation is 1. The molecule has 0 saturated carbocycles. The van der Waals surface area contributed by atoms with E-state index >= 15 is 0 Å². The fraction of sp³-hybridized carbons (Fsp3) is 0.611. The molecule has 1 aromatic carbocycles. The predicted octanol–water partition coefficient (Wildman–Crippen LogP) is 1.51. The number of hydrogen-bond donors (Lipinski definition) is 1. The monoisotopic (exact) mass is 365 g/mol. The third-order valence-electron chi connectivity index (χ3n) is 5.13. The molecule has 138 valence electrons. The Morgan fingerprint density at radius 1 is 1.24 bits per heavy atom. The molecule has 1 amide bonds. The Hall–Kier alpha value is -1.60. The molecule has 1 unspecified atom stereocenters. The first-order valence-electron chi connectivity index (χ1n) is 8.87. The van der Waals surface area contributed by atoms with Crippen LogP contribution in [0.5, 0.6) is 0 Å². The highest BCUT2D eigenvalue weighted by molar-refractivity contribution is 7.91.